The largest absolute Gasteiger partial charge is 0.378 e. The minimum atomic E-state index is 0.153. The second-order valence-corrected chi connectivity index (χ2v) is 9.28. The maximum Gasteiger partial charge on any atom is 0.107 e. The van der Waals surface area contributed by atoms with Crippen LogP contribution in [0.3, 0.4) is 0 Å². The van der Waals surface area contributed by atoms with E-state index in [0.29, 0.717) is 12.0 Å². The second-order valence-electron chi connectivity index (χ2n) is 9.28. The van der Waals surface area contributed by atoms with Gasteiger partial charge in [-0.25, -0.2) is 4.98 Å². The van der Waals surface area contributed by atoms with Gasteiger partial charge < -0.3 is 14.2 Å². The first-order chi connectivity index (χ1) is 15.1. The van der Waals surface area contributed by atoms with E-state index in [1.807, 2.05) is 13.2 Å². The molecule has 2 aliphatic rings. The average molecular weight is 415 g/mol. The SMILES string of the molecule is CO[C@@H]1CN(C[C@@H]2Cc3ccc(C#N)cc3C2)CC[C@H]1n1c(C)nc2cc(C)ccc21. The third-order valence-corrected chi connectivity index (χ3v) is 7.13. The van der Waals surface area contributed by atoms with E-state index in [2.05, 4.69) is 59.7 Å². The Morgan fingerprint density at radius 1 is 1.13 bits per heavy atom. The highest BCUT2D eigenvalue weighted by Gasteiger charge is 2.34. The first kappa shape index (κ1) is 20.2. The summed E-state index contributed by atoms with van der Waals surface area (Å²) in [6.07, 6.45) is 3.41. The van der Waals surface area contributed by atoms with Gasteiger partial charge in [0.1, 0.15) is 5.82 Å². The molecule has 1 fully saturated rings. The highest BCUT2D eigenvalue weighted by atomic mass is 16.5. The molecule has 0 amide bonds. The Bertz CT molecular complexity index is 1160. The molecule has 3 aromatic rings. The number of hydrogen-bond acceptors (Lipinski definition) is 4. The first-order valence-electron chi connectivity index (χ1n) is 11.3. The number of nitriles is 1. The zero-order chi connectivity index (χ0) is 21.5. The Kier molecular flexibility index (Phi) is 5.29. The van der Waals surface area contributed by atoms with Crippen molar-refractivity contribution in [2.75, 3.05) is 26.7 Å². The monoisotopic (exact) mass is 414 g/mol. The number of likely N-dealkylation sites (tertiary alicyclic amines) is 1. The molecule has 5 nitrogen and oxygen atoms in total. The van der Waals surface area contributed by atoms with Crippen molar-refractivity contribution in [3.05, 3.63) is 64.5 Å². The van der Waals surface area contributed by atoms with E-state index in [1.165, 1.54) is 22.2 Å². The number of hydrogen-bond donors (Lipinski definition) is 0. The number of fused-ring (bicyclic) bond motifs is 2. The van der Waals surface area contributed by atoms with Crippen molar-refractivity contribution in [1.82, 2.24) is 14.5 Å². The van der Waals surface area contributed by atoms with Crippen LogP contribution < -0.4 is 0 Å². The van der Waals surface area contributed by atoms with Gasteiger partial charge in [-0.3, -0.25) is 0 Å². The minimum absolute atomic E-state index is 0.153. The Morgan fingerprint density at radius 2 is 1.97 bits per heavy atom. The van der Waals surface area contributed by atoms with E-state index in [0.717, 1.165) is 55.8 Å². The van der Waals surface area contributed by atoms with Gasteiger partial charge >= 0.3 is 0 Å². The summed E-state index contributed by atoms with van der Waals surface area (Å²) in [5.41, 5.74) is 7.09. The van der Waals surface area contributed by atoms with Crippen LogP contribution in [-0.2, 0) is 17.6 Å². The molecule has 5 heteroatoms. The number of ether oxygens (including phenoxy) is 1. The summed E-state index contributed by atoms with van der Waals surface area (Å²) in [6.45, 7) is 7.34. The standard InChI is InChI=1S/C26H30N4O/c1-17-4-7-24-23(10-17)28-18(2)30(24)25-8-9-29(16-26(25)31-3)15-20-12-21-6-5-19(14-27)11-22(21)13-20/h4-7,10-11,20,25-26H,8-9,12-13,15-16H2,1-3H3/t20-,25-,26-/m1/s1. The van der Waals surface area contributed by atoms with Gasteiger partial charge in [-0.05, 0) is 80.0 Å². The maximum atomic E-state index is 9.18. The van der Waals surface area contributed by atoms with Crippen molar-refractivity contribution in [2.45, 2.75) is 45.3 Å². The second kappa shape index (κ2) is 8.11. The van der Waals surface area contributed by atoms with Crippen LogP contribution in [-0.4, -0.2) is 47.3 Å². The van der Waals surface area contributed by atoms with E-state index in [4.69, 9.17) is 9.72 Å². The minimum Gasteiger partial charge on any atom is -0.378 e. The van der Waals surface area contributed by atoms with Crippen LogP contribution in [0.5, 0.6) is 0 Å². The third kappa shape index (κ3) is 3.75. The fraction of sp³-hybridized carbons (Fsp3) is 0.462. The molecule has 1 aromatic heterocycles. The molecule has 0 saturated carbocycles. The lowest BCUT2D eigenvalue weighted by molar-refractivity contribution is -0.00928. The predicted octanol–water partition coefficient (Wildman–Crippen LogP) is 4.20. The Morgan fingerprint density at radius 3 is 2.77 bits per heavy atom. The summed E-state index contributed by atoms with van der Waals surface area (Å²) >= 11 is 0. The molecule has 160 valence electrons. The lowest BCUT2D eigenvalue weighted by atomic mass is 9.98. The Balaban J connectivity index is 1.30. The van der Waals surface area contributed by atoms with Gasteiger partial charge in [0.15, 0.2) is 0 Å². The van der Waals surface area contributed by atoms with Crippen molar-refractivity contribution in [3.63, 3.8) is 0 Å². The van der Waals surface area contributed by atoms with Crippen LogP contribution in [0.2, 0.25) is 0 Å². The van der Waals surface area contributed by atoms with Crippen molar-refractivity contribution in [3.8, 4) is 6.07 Å². The molecule has 1 aliphatic heterocycles. The number of nitrogens with zero attached hydrogens (tertiary/aromatic N) is 4. The summed E-state index contributed by atoms with van der Waals surface area (Å²) in [5, 5.41) is 9.18. The van der Waals surface area contributed by atoms with E-state index < -0.39 is 0 Å². The fourth-order valence-electron chi connectivity index (χ4n) is 5.68. The number of piperidine rings is 1. The van der Waals surface area contributed by atoms with Gasteiger partial charge in [0.2, 0.25) is 0 Å². The molecule has 0 N–H and O–H groups in total. The van der Waals surface area contributed by atoms with Gasteiger partial charge in [0.25, 0.3) is 0 Å². The Hall–Kier alpha value is -2.68. The lowest BCUT2D eigenvalue weighted by Crippen LogP contribution is -2.47. The molecular formula is C26H30N4O. The van der Waals surface area contributed by atoms with Crippen LogP contribution in [0.1, 0.15) is 40.5 Å². The normalized spacial score (nSPS) is 23.7. The van der Waals surface area contributed by atoms with E-state index in [9.17, 15) is 5.26 Å². The zero-order valence-electron chi connectivity index (χ0n) is 18.6. The number of methoxy groups -OCH3 is 1. The number of rotatable bonds is 4. The summed E-state index contributed by atoms with van der Waals surface area (Å²) in [4.78, 5) is 7.40. The van der Waals surface area contributed by atoms with E-state index in [-0.39, 0.29) is 6.10 Å². The van der Waals surface area contributed by atoms with Crippen LogP contribution in [0.4, 0.5) is 0 Å². The van der Waals surface area contributed by atoms with Crippen LogP contribution >= 0.6 is 0 Å². The van der Waals surface area contributed by atoms with E-state index >= 15 is 0 Å². The summed E-state index contributed by atoms with van der Waals surface area (Å²) in [7, 11) is 1.84. The van der Waals surface area contributed by atoms with E-state index in [1.54, 1.807) is 0 Å². The Labute approximate surface area is 184 Å². The quantitative estimate of drug-likeness (QED) is 0.642. The molecule has 2 aromatic carbocycles. The van der Waals surface area contributed by atoms with Gasteiger partial charge in [0, 0.05) is 26.7 Å². The van der Waals surface area contributed by atoms with Crippen LogP contribution in [0.25, 0.3) is 11.0 Å². The lowest BCUT2D eigenvalue weighted by Gasteiger charge is -2.40. The highest BCUT2D eigenvalue weighted by Crippen LogP contribution is 2.33. The zero-order valence-corrected chi connectivity index (χ0v) is 18.6. The predicted molar refractivity (Wildman–Crippen MR) is 122 cm³/mol. The molecule has 0 spiro atoms. The fourth-order valence-corrected chi connectivity index (χ4v) is 5.68. The maximum absolute atomic E-state index is 9.18. The third-order valence-electron chi connectivity index (χ3n) is 7.13. The molecule has 5 rings (SSSR count). The first-order valence-corrected chi connectivity index (χ1v) is 11.3. The topological polar surface area (TPSA) is 54.1 Å². The van der Waals surface area contributed by atoms with Crippen molar-refractivity contribution < 1.29 is 4.74 Å². The molecular weight excluding hydrogens is 384 g/mol. The summed E-state index contributed by atoms with van der Waals surface area (Å²) in [6, 6.07) is 15.3. The molecule has 1 saturated heterocycles. The van der Waals surface area contributed by atoms with Gasteiger partial charge in [0.05, 0.1) is 34.8 Å². The van der Waals surface area contributed by atoms with Crippen LogP contribution in [0.15, 0.2) is 36.4 Å². The molecule has 3 atom stereocenters. The van der Waals surface area contributed by atoms with Gasteiger partial charge in [-0.2, -0.15) is 5.26 Å². The average Bonchev–Trinajstić information content (AvgIpc) is 3.31. The molecule has 0 unspecified atom stereocenters. The summed E-state index contributed by atoms with van der Waals surface area (Å²) < 4.78 is 8.41. The molecule has 2 heterocycles. The smallest absolute Gasteiger partial charge is 0.107 e. The number of aryl methyl sites for hydroxylation is 2. The molecule has 0 radical (unpaired) electrons. The number of benzene rings is 2. The highest BCUT2D eigenvalue weighted by molar-refractivity contribution is 5.77. The molecule has 0 bridgehead atoms. The van der Waals surface area contributed by atoms with Crippen molar-refractivity contribution in [1.29, 1.82) is 5.26 Å². The molecule has 31 heavy (non-hydrogen) atoms. The number of imidazole rings is 1. The van der Waals surface area contributed by atoms with Gasteiger partial charge in [-0.15, -0.1) is 0 Å². The molecule has 1 aliphatic carbocycles. The number of aromatic nitrogens is 2. The van der Waals surface area contributed by atoms with Crippen LogP contribution in [0, 0.1) is 31.1 Å². The van der Waals surface area contributed by atoms with Gasteiger partial charge in [-0.1, -0.05) is 12.1 Å². The summed E-state index contributed by atoms with van der Waals surface area (Å²) in [5.74, 6) is 1.69. The van der Waals surface area contributed by atoms with Crippen molar-refractivity contribution in [2.24, 2.45) is 5.92 Å². The van der Waals surface area contributed by atoms with Crippen molar-refractivity contribution >= 4 is 11.0 Å².